The highest BCUT2D eigenvalue weighted by atomic mass is 79.9. The molecule has 1 rings (SSSR count). The van der Waals surface area contributed by atoms with Crippen LogP contribution in [0, 0.1) is 5.82 Å². The molecule has 0 atom stereocenters. The molecule has 0 radical (unpaired) electrons. The van der Waals surface area contributed by atoms with Crippen molar-refractivity contribution in [1.82, 2.24) is 4.98 Å². The molecule has 0 saturated carbocycles. The van der Waals surface area contributed by atoms with Gasteiger partial charge in [0.25, 0.3) is 0 Å². The van der Waals surface area contributed by atoms with Gasteiger partial charge in [0.05, 0.1) is 0 Å². The van der Waals surface area contributed by atoms with Crippen molar-refractivity contribution >= 4 is 21.7 Å². The molecule has 1 heterocycles. The average molecular weight is 276 g/mol. The first kappa shape index (κ1) is 12.4. The summed E-state index contributed by atoms with van der Waals surface area (Å²) in [4.78, 5) is 5.93. The summed E-state index contributed by atoms with van der Waals surface area (Å²) in [6.45, 7) is 3.93. The highest BCUT2D eigenvalue weighted by Gasteiger charge is 2.11. The quantitative estimate of drug-likeness (QED) is 0.896. The number of nitrogens with zero attached hydrogens (tertiary/aromatic N) is 2. The number of nitrogens with two attached hydrogens (primary N) is 1. The summed E-state index contributed by atoms with van der Waals surface area (Å²) in [5, 5.41) is 0. The van der Waals surface area contributed by atoms with Crippen LogP contribution in [0.3, 0.4) is 0 Å². The predicted octanol–water partition coefficient (Wildman–Crippen LogP) is 2.16. The Morgan fingerprint density at radius 2 is 2.27 bits per heavy atom. The first-order valence-electron chi connectivity index (χ1n) is 4.95. The van der Waals surface area contributed by atoms with Gasteiger partial charge in [-0.2, -0.15) is 0 Å². The lowest BCUT2D eigenvalue weighted by Gasteiger charge is -2.22. The van der Waals surface area contributed by atoms with Gasteiger partial charge >= 0.3 is 0 Å². The summed E-state index contributed by atoms with van der Waals surface area (Å²) in [5.74, 6) is 0.0665. The number of anilines is 1. The molecule has 0 aliphatic carbocycles. The highest BCUT2D eigenvalue weighted by molar-refractivity contribution is 9.10. The summed E-state index contributed by atoms with van der Waals surface area (Å²) >= 11 is 3.18. The van der Waals surface area contributed by atoms with Crippen molar-refractivity contribution in [3.63, 3.8) is 0 Å². The molecule has 0 bridgehead atoms. The van der Waals surface area contributed by atoms with E-state index in [-0.39, 0.29) is 5.82 Å². The molecule has 0 aliphatic rings. The topological polar surface area (TPSA) is 42.1 Å². The van der Waals surface area contributed by atoms with Crippen LogP contribution < -0.4 is 10.6 Å². The van der Waals surface area contributed by atoms with Gasteiger partial charge in [0.15, 0.2) is 11.6 Å². The number of hydrogen-bond donors (Lipinski definition) is 1. The average Bonchev–Trinajstić information content (AvgIpc) is 2.17. The summed E-state index contributed by atoms with van der Waals surface area (Å²) in [5.41, 5.74) is 5.48. The zero-order chi connectivity index (χ0) is 11.3. The molecule has 1 aromatic rings. The van der Waals surface area contributed by atoms with Crippen molar-refractivity contribution in [2.24, 2.45) is 5.73 Å². The maximum absolute atomic E-state index is 13.6. The van der Waals surface area contributed by atoms with Gasteiger partial charge < -0.3 is 10.6 Å². The molecular formula is C10H15BrFN3. The summed E-state index contributed by atoms with van der Waals surface area (Å²) in [7, 11) is 0. The summed E-state index contributed by atoms with van der Waals surface area (Å²) in [6, 6.07) is 1.42. The standard InChI is InChI=1S/C10H15BrFN3/c1-2-4-15(5-3-13)10-9(12)6-8(11)7-14-10/h6-7H,2-5,13H2,1H3. The van der Waals surface area contributed by atoms with E-state index in [0.717, 1.165) is 13.0 Å². The molecule has 1 aromatic heterocycles. The molecule has 0 fully saturated rings. The van der Waals surface area contributed by atoms with Crippen LogP contribution in [0.1, 0.15) is 13.3 Å². The highest BCUT2D eigenvalue weighted by Crippen LogP contribution is 2.19. The molecular weight excluding hydrogens is 261 g/mol. The predicted molar refractivity (Wildman–Crippen MR) is 63.5 cm³/mol. The van der Waals surface area contributed by atoms with Crippen molar-refractivity contribution in [3.05, 3.63) is 22.6 Å². The second-order valence-electron chi connectivity index (χ2n) is 3.23. The molecule has 0 aromatic carbocycles. The molecule has 0 amide bonds. The first-order valence-corrected chi connectivity index (χ1v) is 5.74. The minimum Gasteiger partial charge on any atom is -0.353 e. The Kier molecular flexibility index (Phi) is 4.98. The molecule has 0 aliphatic heterocycles. The number of pyridine rings is 1. The third-order valence-electron chi connectivity index (χ3n) is 1.98. The van der Waals surface area contributed by atoms with Crippen LogP contribution in [0.2, 0.25) is 0 Å². The van der Waals surface area contributed by atoms with Crippen LogP contribution >= 0.6 is 15.9 Å². The van der Waals surface area contributed by atoms with E-state index in [1.807, 2.05) is 11.8 Å². The van der Waals surface area contributed by atoms with Gasteiger partial charge in [-0.1, -0.05) is 6.92 Å². The van der Waals surface area contributed by atoms with Crippen molar-refractivity contribution < 1.29 is 4.39 Å². The number of hydrogen-bond acceptors (Lipinski definition) is 3. The molecule has 0 spiro atoms. The Morgan fingerprint density at radius 1 is 1.53 bits per heavy atom. The van der Waals surface area contributed by atoms with E-state index in [1.54, 1.807) is 6.20 Å². The van der Waals surface area contributed by atoms with Gasteiger partial charge in [0.2, 0.25) is 0 Å². The van der Waals surface area contributed by atoms with Gasteiger partial charge in [-0.05, 0) is 28.4 Å². The number of aromatic nitrogens is 1. The largest absolute Gasteiger partial charge is 0.353 e. The normalized spacial score (nSPS) is 10.4. The van der Waals surface area contributed by atoms with E-state index < -0.39 is 0 Å². The van der Waals surface area contributed by atoms with Gasteiger partial charge in [-0.25, -0.2) is 9.37 Å². The molecule has 84 valence electrons. The van der Waals surface area contributed by atoms with Gasteiger partial charge in [0, 0.05) is 30.3 Å². The molecule has 3 nitrogen and oxygen atoms in total. The third-order valence-corrected chi connectivity index (χ3v) is 2.41. The molecule has 0 unspecified atom stereocenters. The second-order valence-corrected chi connectivity index (χ2v) is 4.15. The fraction of sp³-hybridized carbons (Fsp3) is 0.500. The van der Waals surface area contributed by atoms with Gasteiger partial charge in [-0.3, -0.25) is 0 Å². The van der Waals surface area contributed by atoms with Crippen LogP contribution in [0.15, 0.2) is 16.7 Å². The Bertz CT molecular complexity index is 314. The monoisotopic (exact) mass is 275 g/mol. The lowest BCUT2D eigenvalue weighted by atomic mass is 10.3. The second kappa shape index (κ2) is 6.02. The van der Waals surface area contributed by atoms with E-state index in [1.165, 1.54) is 6.07 Å². The zero-order valence-electron chi connectivity index (χ0n) is 8.71. The number of rotatable bonds is 5. The van der Waals surface area contributed by atoms with Crippen LogP contribution in [-0.4, -0.2) is 24.6 Å². The minimum absolute atomic E-state index is 0.314. The summed E-state index contributed by atoms with van der Waals surface area (Å²) < 4.78 is 14.2. The molecule has 0 saturated heterocycles. The number of halogens is 2. The van der Waals surface area contributed by atoms with Crippen molar-refractivity contribution in [2.45, 2.75) is 13.3 Å². The zero-order valence-corrected chi connectivity index (χ0v) is 10.3. The van der Waals surface area contributed by atoms with E-state index in [4.69, 9.17) is 5.73 Å². The maximum atomic E-state index is 13.6. The smallest absolute Gasteiger partial charge is 0.166 e. The fourth-order valence-corrected chi connectivity index (χ4v) is 1.69. The van der Waals surface area contributed by atoms with Crippen LogP contribution in [-0.2, 0) is 0 Å². The lowest BCUT2D eigenvalue weighted by Crippen LogP contribution is -2.31. The van der Waals surface area contributed by atoms with E-state index in [2.05, 4.69) is 20.9 Å². The van der Waals surface area contributed by atoms with Crippen molar-refractivity contribution in [1.29, 1.82) is 0 Å². The summed E-state index contributed by atoms with van der Waals surface area (Å²) in [6.07, 6.45) is 2.54. The minimum atomic E-state index is -0.314. The lowest BCUT2D eigenvalue weighted by molar-refractivity contribution is 0.605. The maximum Gasteiger partial charge on any atom is 0.166 e. The third kappa shape index (κ3) is 3.43. The fourth-order valence-electron chi connectivity index (χ4n) is 1.39. The molecule has 15 heavy (non-hydrogen) atoms. The van der Waals surface area contributed by atoms with Gasteiger partial charge in [0.1, 0.15) is 0 Å². The van der Waals surface area contributed by atoms with Gasteiger partial charge in [-0.15, -0.1) is 0 Å². The van der Waals surface area contributed by atoms with E-state index in [0.29, 0.717) is 23.4 Å². The Labute approximate surface area is 97.6 Å². The SMILES string of the molecule is CCCN(CCN)c1ncc(Br)cc1F. The van der Waals surface area contributed by atoms with E-state index in [9.17, 15) is 4.39 Å². The van der Waals surface area contributed by atoms with Crippen molar-refractivity contribution in [3.8, 4) is 0 Å². The van der Waals surface area contributed by atoms with Crippen LogP contribution in [0.5, 0.6) is 0 Å². The van der Waals surface area contributed by atoms with E-state index >= 15 is 0 Å². The Morgan fingerprint density at radius 3 is 2.80 bits per heavy atom. The molecule has 5 heteroatoms. The van der Waals surface area contributed by atoms with Crippen LogP contribution in [0.25, 0.3) is 0 Å². The Hall–Kier alpha value is -0.680. The van der Waals surface area contributed by atoms with Crippen LogP contribution in [0.4, 0.5) is 10.2 Å². The first-order chi connectivity index (χ1) is 7.19. The Balaban J connectivity index is 2.89. The molecule has 2 N–H and O–H groups in total. The van der Waals surface area contributed by atoms with Crippen molar-refractivity contribution in [2.75, 3.05) is 24.5 Å².